The van der Waals surface area contributed by atoms with Gasteiger partial charge in [-0.3, -0.25) is 0 Å². The summed E-state index contributed by atoms with van der Waals surface area (Å²) >= 11 is 1.43. The molecule has 2 N–H and O–H groups in total. The number of nitrogens with zero attached hydrogens (tertiary/aromatic N) is 3. The number of carbonyl (C=O) groups is 1. The van der Waals surface area contributed by atoms with Crippen LogP contribution < -0.4 is 15.5 Å². The van der Waals surface area contributed by atoms with Crippen molar-refractivity contribution in [1.29, 1.82) is 0 Å². The SMILES string of the molecule is Cc1ccc(Cc2nsc(N3CCC(CNC(=O)Nc4ccc(F)c(F)c4)CC3)n2)cc1. The van der Waals surface area contributed by atoms with Gasteiger partial charge in [-0.1, -0.05) is 29.8 Å². The number of rotatable bonds is 6. The third-order valence-electron chi connectivity index (χ3n) is 5.55. The first-order valence-corrected chi connectivity index (χ1v) is 11.4. The number of hydrogen-bond donors (Lipinski definition) is 2. The highest BCUT2D eigenvalue weighted by Crippen LogP contribution is 2.25. The number of anilines is 2. The molecule has 168 valence electrons. The van der Waals surface area contributed by atoms with E-state index >= 15 is 0 Å². The molecule has 6 nitrogen and oxygen atoms in total. The van der Waals surface area contributed by atoms with Crippen LogP contribution in [0.3, 0.4) is 0 Å². The Balaban J connectivity index is 1.21. The lowest BCUT2D eigenvalue weighted by Crippen LogP contribution is -2.39. The number of aromatic nitrogens is 2. The predicted molar refractivity (Wildman–Crippen MR) is 122 cm³/mol. The van der Waals surface area contributed by atoms with E-state index in [9.17, 15) is 13.6 Å². The molecule has 1 saturated heterocycles. The molecule has 1 aromatic heterocycles. The van der Waals surface area contributed by atoms with Crippen molar-refractivity contribution in [2.45, 2.75) is 26.2 Å². The zero-order valence-corrected chi connectivity index (χ0v) is 18.6. The van der Waals surface area contributed by atoms with Gasteiger partial charge in [0.05, 0.1) is 0 Å². The van der Waals surface area contributed by atoms with E-state index in [0.29, 0.717) is 12.5 Å². The topological polar surface area (TPSA) is 70.2 Å². The van der Waals surface area contributed by atoms with Gasteiger partial charge in [-0.25, -0.2) is 18.6 Å². The van der Waals surface area contributed by atoms with Crippen LogP contribution >= 0.6 is 11.5 Å². The molecule has 2 aromatic carbocycles. The molecule has 0 aliphatic carbocycles. The van der Waals surface area contributed by atoms with E-state index < -0.39 is 17.7 Å². The van der Waals surface area contributed by atoms with E-state index in [1.165, 1.54) is 28.7 Å². The van der Waals surface area contributed by atoms with Crippen molar-refractivity contribution in [2.24, 2.45) is 5.92 Å². The van der Waals surface area contributed by atoms with Crippen LogP contribution in [0, 0.1) is 24.5 Å². The highest BCUT2D eigenvalue weighted by Gasteiger charge is 2.22. The standard InChI is InChI=1S/C23H25F2N5OS/c1-15-2-4-16(5-3-15)12-21-28-23(32-29-21)30-10-8-17(9-11-30)14-26-22(31)27-18-6-7-19(24)20(25)13-18/h2-7,13,17H,8-12,14H2,1H3,(H2,26,27,31). The monoisotopic (exact) mass is 457 g/mol. The zero-order valence-electron chi connectivity index (χ0n) is 17.8. The molecular weight excluding hydrogens is 432 g/mol. The summed E-state index contributed by atoms with van der Waals surface area (Å²) in [6.07, 6.45) is 2.58. The Morgan fingerprint density at radius 2 is 1.88 bits per heavy atom. The second kappa shape index (κ2) is 10.0. The molecule has 9 heteroatoms. The summed E-state index contributed by atoms with van der Waals surface area (Å²) in [5, 5.41) is 6.28. The molecule has 0 unspecified atom stereocenters. The van der Waals surface area contributed by atoms with Gasteiger partial charge in [0, 0.05) is 49.3 Å². The van der Waals surface area contributed by atoms with Gasteiger partial charge in [-0.05, 0) is 43.4 Å². The van der Waals surface area contributed by atoms with E-state index in [2.05, 4.69) is 51.1 Å². The molecule has 3 aromatic rings. The molecule has 0 saturated carbocycles. The van der Waals surface area contributed by atoms with E-state index in [0.717, 1.165) is 55.4 Å². The Morgan fingerprint density at radius 1 is 1.12 bits per heavy atom. The van der Waals surface area contributed by atoms with Gasteiger partial charge in [0.2, 0.25) is 5.13 Å². The maximum atomic E-state index is 13.2. The Kier molecular flexibility index (Phi) is 6.94. The first kappa shape index (κ1) is 22.1. The van der Waals surface area contributed by atoms with Gasteiger partial charge < -0.3 is 15.5 Å². The number of urea groups is 1. The van der Waals surface area contributed by atoms with Gasteiger partial charge in [0.1, 0.15) is 5.82 Å². The Hall–Kier alpha value is -3.07. The lowest BCUT2D eigenvalue weighted by Gasteiger charge is -2.31. The van der Waals surface area contributed by atoms with Gasteiger partial charge in [0.15, 0.2) is 11.6 Å². The molecule has 2 amide bonds. The Morgan fingerprint density at radius 3 is 2.59 bits per heavy atom. The van der Waals surface area contributed by atoms with Crippen LogP contribution in [0.15, 0.2) is 42.5 Å². The Labute approximate surface area is 189 Å². The van der Waals surface area contributed by atoms with Gasteiger partial charge in [0.25, 0.3) is 0 Å². The molecule has 1 aliphatic heterocycles. The molecule has 1 aliphatic rings. The second-order valence-corrected chi connectivity index (χ2v) is 8.78. The van der Waals surface area contributed by atoms with Crippen molar-refractivity contribution in [3.63, 3.8) is 0 Å². The van der Waals surface area contributed by atoms with E-state index in [1.54, 1.807) is 0 Å². The van der Waals surface area contributed by atoms with Crippen LogP contribution in [-0.4, -0.2) is 35.0 Å². The van der Waals surface area contributed by atoms with Crippen LogP contribution in [0.5, 0.6) is 0 Å². The summed E-state index contributed by atoms with van der Waals surface area (Å²) in [6, 6.07) is 11.3. The molecule has 0 atom stereocenters. The van der Waals surface area contributed by atoms with Crippen LogP contribution in [0.1, 0.15) is 29.8 Å². The number of halogens is 2. The average Bonchev–Trinajstić information content (AvgIpc) is 3.25. The fraction of sp³-hybridized carbons (Fsp3) is 0.348. The number of piperidine rings is 1. The highest BCUT2D eigenvalue weighted by atomic mass is 32.1. The van der Waals surface area contributed by atoms with Gasteiger partial charge >= 0.3 is 6.03 Å². The van der Waals surface area contributed by atoms with Crippen molar-refractivity contribution < 1.29 is 13.6 Å². The second-order valence-electron chi connectivity index (χ2n) is 8.05. The number of benzene rings is 2. The number of carbonyl (C=O) groups excluding carboxylic acids is 1. The normalized spacial score (nSPS) is 14.4. The van der Waals surface area contributed by atoms with Crippen molar-refractivity contribution in [3.05, 3.63) is 71.1 Å². The summed E-state index contributed by atoms with van der Waals surface area (Å²) in [4.78, 5) is 19.0. The number of hydrogen-bond acceptors (Lipinski definition) is 5. The maximum Gasteiger partial charge on any atom is 0.319 e. The van der Waals surface area contributed by atoms with Gasteiger partial charge in [-0.15, -0.1) is 0 Å². The third-order valence-corrected chi connectivity index (χ3v) is 6.37. The lowest BCUT2D eigenvalue weighted by molar-refractivity contribution is 0.248. The molecule has 4 rings (SSSR count). The average molecular weight is 458 g/mol. The zero-order chi connectivity index (χ0) is 22.5. The van der Waals surface area contributed by atoms with E-state index in [-0.39, 0.29) is 5.69 Å². The number of aryl methyl sites for hydroxylation is 1. The van der Waals surface area contributed by atoms with Crippen molar-refractivity contribution >= 4 is 28.4 Å². The van der Waals surface area contributed by atoms with Crippen LogP contribution in [0.4, 0.5) is 24.4 Å². The predicted octanol–water partition coefficient (Wildman–Crippen LogP) is 4.75. The minimum Gasteiger partial charge on any atom is -0.347 e. The van der Waals surface area contributed by atoms with Crippen molar-refractivity contribution in [1.82, 2.24) is 14.7 Å². The van der Waals surface area contributed by atoms with Crippen LogP contribution in [0.25, 0.3) is 0 Å². The number of amides is 2. The highest BCUT2D eigenvalue weighted by molar-refractivity contribution is 7.09. The molecule has 2 heterocycles. The molecule has 32 heavy (non-hydrogen) atoms. The summed E-state index contributed by atoms with van der Waals surface area (Å²) in [7, 11) is 0. The smallest absolute Gasteiger partial charge is 0.319 e. The van der Waals surface area contributed by atoms with E-state index in [1.807, 2.05) is 0 Å². The fourth-order valence-corrected chi connectivity index (χ4v) is 4.38. The first-order valence-electron chi connectivity index (χ1n) is 10.6. The quantitative estimate of drug-likeness (QED) is 0.560. The summed E-state index contributed by atoms with van der Waals surface area (Å²) in [5.74, 6) is -0.747. The lowest BCUT2D eigenvalue weighted by atomic mass is 9.97. The molecule has 0 radical (unpaired) electrons. The maximum absolute atomic E-state index is 13.2. The first-order chi connectivity index (χ1) is 15.5. The minimum atomic E-state index is -0.992. The fourth-order valence-electron chi connectivity index (χ4n) is 3.65. The minimum absolute atomic E-state index is 0.217. The van der Waals surface area contributed by atoms with Crippen molar-refractivity contribution in [2.75, 3.05) is 29.9 Å². The summed E-state index contributed by atoms with van der Waals surface area (Å²) < 4.78 is 30.7. The summed E-state index contributed by atoms with van der Waals surface area (Å²) in [6.45, 7) is 4.31. The van der Waals surface area contributed by atoms with E-state index in [4.69, 9.17) is 4.98 Å². The largest absolute Gasteiger partial charge is 0.347 e. The molecule has 0 bridgehead atoms. The van der Waals surface area contributed by atoms with Crippen LogP contribution in [0.2, 0.25) is 0 Å². The Bertz CT molecular complexity index is 1060. The molecule has 1 fully saturated rings. The third kappa shape index (κ3) is 5.79. The molecule has 0 spiro atoms. The summed E-state index contributed by atoms with van der Waals surface area (Å²) in [5.41, 5.74) is 2.65. The van der Waals surface area contributed by atoms with Gasteiger partial charge in [-0.2, -0.15) is 4.37 Å². The van der Waals surface area contributed by atoms with Crippen LogP contribution in [-0.2, 0) is 6.42 Å². The van der Waals surface area contributed by atoms with Crippen molar-refractivity contribution in [3.8, 4) is 0 Å². The number of nitrogens with one attached hydrogen (secondary N) is 2. The molecular formula is C23H25F2N5OS.